The third kappa shape index (κ3) is 2.70. The first-order chi connectivity index (χ1) is 13.5. The van der Waals surface area contributed by atoms with Crippen LogP contribution in [-0.2, 0) is 13.1 Å². The summed E-state index contributed by atoms with van der Waals surface area (Å²) < 4.78 is 2.90. The van der Waals surface area contributed by atoms with Crippen LogP contribution in [0.2, 0.25) is 0 Å². The lowest BCUT2D eigenvalue weighted by atomic mass is 9.85. The Bertz CT molecular complexity index is 1070. The SMILES string of the molecule is Cc1cccc(C(=O)N2C[C@@H]3Cn4c(nn(CC5CCC5)c(=O)c4=O)[C@H]3C2)n1. The fraction of sp³-hybridized carbons (Fsp3) is 0.550. The predicted molar refractivity (Wildman–Crippen MR) is 101 cm³/mol. The van der Waals surface area contributed by atoms with Crippen LogP contribution < -0.4 is 11.1 Å². The first-order valence-electron chi connectivity index (χ1n) is 9.96. The number of nitrogens with zero attached hydrogens (tertiary/aromatic N) is 5. The smallest absolute Gasteiger partial charge is 0.332 e. The van der Waals surface area contributed by atoms with Crippen LogP contribution in [0, 0.1) is 18.8 Å². The van der Waals surface area contributed by atoms with E-state index in [1.54, 1.807) is 11.0 Å². The third-order valence-electron chi connectivity index (χ3n) is 6.40. The van der Waals surface area contributed by atoms with E-state index in [0.717, 1.165) is 18.5 Å². The number of aromatic nitrogens is 4. The first-order valence-corrected chi connectivity index (χ1v) is 9.96. The average molecular weight is 381 g/mol. The second kappa shape index (κ2) is 6.39. The van der Waals surface area contributed by atoms with Crippen molar-refractivity contribution in [2.45, 2.75) is 45.2 Å². The highest BCUT2D eigenvalue weighted by Crippen LogP contribution is 2.37. The number of carbonyl (C=O) groups is 1. The second-order valence-electron chi connectivity index (χ2n) is 8.30. The highest BCUT2D eigenvalue weighted by molar-refractivity contribution is 5.92. The molecule has 1 saturated heterocycles. The fourth-order valence-corrected chi connectivity index (χ4v) is 4.62. The zero-order valence-electron chi connectivity index (χ0n) is 15.9. The summed E-state index contributed by atoms with van der Waals surface area (Å²) in [6.45, 7) is 3.90. The third-order valence-corrected chi connectivity index (χ3v) is 6.40. The van der Waals surface area contributed by atoms with Crippen molar-refractivity contribution < 1.29 is 4.79 Å². The highest BCUT2D eigenvalue weighted by Gasteiger charge is 2.44. The molecule has 0 unspecified atom stereocenters. The number of carbonyl (C=O) groups excluding carboxylic acids is 1. The van der Waals surface area contributed by atoms with E-state index in [9.17, 15) is 14.4 Å². The minimum Gasteiger partial charge on any atom is -0.336 e. The lowest BCUT2D eigenvalue weighted by Gasteiger charge is -2.25. The van der Waals surface area contributed by atoms with Crippen molar-refractivity contribution in [3.8, 4) is 0 Å². The van der Waals surface area contributed by atoms with Gasteiger partial charge >= 0.3 is 11.1 Å². The highest BCUT2D eigenvalue weighted by atomic mass is 16.2. The summed E-state index contributed by atoms with van der Waals surface area (Å²) in [7, 11) is 0. The molecule has 2 fully saturated rings. The molecule has 3 aliphatic rings. The van der Waals surface area contributed by atoms with E-state index in [1.807, 2.05) is 19.1 Å². The van der Waals surface area contributed by atoms with Gasteiger partial charge in [0.05, 0.1) is 0 Å². The summed E-state index contributed by atoms with van der Waals surface area (Å²) in [6.07, 6.45) is 3.35. The van der Waals surface area contributed by atoms with Gasteiger partial charge in [-0.3, -0.25) is 19.0 Å². The van der Waals surface area contributed by atoms with E-state index in [-0.39, 0.29) is 17.7 Å². The number of pyridine rings is 1. The molecule has 4 heterocycles. The van der Waals surface area contributed by atoms with Crippen molar-refractivity contribution >= 4 is 5.91 Å². The molecule has 146 valence electrons. The zero-order chi connectivity index (χ0) is 19.4. The topological polar surface area (TPSA) is 90.1 Å². The van der Waals surface area contributed by atoms with Crippen LogP contribution >= 0.6 is 0 Å². The van der Waals surface area contributed by atoms with E-state index < -0.39 is 11.1 Å². The quantitative estimate of drug-likeness (QED) is 0.733. The summed E-state index contributed by atoms with van der Waals surface area (Å²) in [5, 5.41) is 4.57. The van der Waals surface area contributed by atoms with E-state index >= 15 is 0 Å². The molecule has 0 spiro atoms. The summed E-state index contributed by atoms with van der Waals surface area (Å²) in [5.74, 6) is 1.12. The lowest BCUT2D eigenvalue weighted by Crippen LogP contribution is -2.45. The Morgan fingerprint density at radius 2 is 1.96 bits per heavy atom. The van der Waals surface area contributed by atoms with Crippen LogP contribution in [0.1, 0.15) is 47.2 Å². The summed E-state index contributed by atoms with van der Waals surface area (Å²) in [5.41, 5.74) is 0.258. The molecule has 2 atom stereocenters. The van der Waals surface area contributed by atoms with Gasteiger partial charge in [0.25, 0.3) is 5.91 Å². The zero-order valence-corrected chi connectivity index (χ0v) is 15.9. The monoisotopic (exact) mass is 381 g/mol. The summed E-state index contributed by atoms with van der Waals surface area (Å²) >= 11 is 0. The molecule has 2 aliphatic heterocycles. The van der Waals surface area contributed by atoms with Gasteiger partial charge < -0.3 is 4.90 Å². The largest absolute Gasteiger partial charge is 0.336 e. The van der Waals surface area contributed by atoms with E-state index in [1.165, 1.54) is 15.7 Å². The predicted octanol–water partition coefficient (Wildman–Crippen LogP) is 0.778. The van der Waals surface area contributed by atoms with Gasteiger partial charge in [-0.25, -0.2) is 9.67 Å². The van der Waals surface area contributed by atoms with Crippen LogP contribution in [0.3, 0.4) is 0 Å². The van der Waals surface area contributed by atoms with Gasteiger partial charge in [-0.1, -0.05) is 12.5 Å². The van der Waals surface area contributed by atoms with Crippen molar-refractivity contribution in [3.05, 3.63) is 56.1 Å². The number of likely N-dealkylation sites (tertiary alicyclic amines) is 1. The van der Waals surface area contributed by atoms with Gasteiger partial charge in [-0.15, -0.1) is 0 Å². The molecule has 0 N–H and O–H groups in total. The first kappa shape index (κ1) is 17.3. The average Bonchev–Trinajstić information content (AvgIpc) is 3.20. The molecule has 8 heteroatoms. The Labute approximate surface area is 161 Å². The molecule has 1 aliphatic carbocycles. The van der Waals surface area contributed by atoms with Gasteiger partial charge in [-0.2, -0.15) is 5.10 Å². The molecule has 2 aromatic heterocycles. The number of aryl methyl sites for hydroxylation is 1. The van der Waals surface area contributed by atoms with Crippen molar-refractivity contribution in [1.29, 1.82) is 0 Å². The molecule has 5 rings (SSSR count). The van der Waals surface area contributed by atoms with Crippen LogP contribution in [0.25, 0.3) is 0 Å². The lowest BCUT2D eigenvalue weighted by molar-refractivity contribution is 0.0777. The maximum atomic E-state index is 12.8. The summed E-state index contributed by atoms with van der Waals surface area (Å²) in [4.78, 5) is 44.0. The molecule has 1 saturated carbocycles. The van der Waals surface area contributed by atoms with Crippen molar-refractivity contribution in [2.24, 2.45) is 11.8 Å². The fourth-order valence-electron chi connectivity index (χ4n) is 4.62. The van der Waals surface area contributed by atoms with Crippen LogP contribution in [0.5, 0.6) is 0 Å². The molecular weight excluding hydrogens is 358 g/mol. The van der Waals surface area contributed by atoms with Crippen LogP contribution in [0.15, 0.2) is 27.8 Å². The molecule has 0 radical (unpaired) electrons. The minimum atomic E-state index is -0.521. The number of fused-ring (bicyclic) bond motifs is 3. The van der Waals surface area contributed by atoms with Gasteiger partial charge in [0.15, 0.2) is 0 Å². The molecule has 0 bridgehead atoms. The number of rotatable bonds is 3. The van der Waals surface area contributed by atoms with Crippen LogP contribution in [0.4, 0.5) is 0 Å². The maximum Gasteiger partial charge on any atom is 0.332 e. The minimum absolute atomic E-state index is 0.00491. The Hall–Kier alpha value is -2.77. The Kier molecular flexibility index (Phi) is 3.96. The molecule has 2 aromatic rings. The second-order valence-corrected chi connectivity index (χ2v) is 8.30. The van der Waals surface area contributed by atoms with Crippen molar-refractivity contribution in [3.63, 3.8) is 0 Å². The summed E-state index contributed by atoms with van der Waals surface area (Å²) in [6, 6.07) is 5.43. The van der Waals surface area contributed by atoms with E-state index in [0.29, 0.717) is 43.6 Å². The van der Waals surface area contributed by atoms with Gasteiger partial charge in [-0.05, 0) is 37.8 Å². The molecule has 8 nitrogen and oxygen atoms in total. The van der Waals surface area contributed by atoms with Gasteiger partial charge in [0.1, 0.15) is 11.5 Å². The van der Waals surface area contributed by atoms with Gasteiger partial charge in [0.2, 0.25) is 0 Å². The molecule has 28 heavy (non-hydrogen) atoms. The molecule has 0 aromatic carbocycles. The Morgan fingerprint density at radius 1 is 1.14 bits per heavy atom. The maximum absolute atomic E-state index is 12.8. The number of hydrogen-bond acceptors (Lipinski definition) is 5. The number of amides is 1. The van der Waals surface area contributed by atoms with E-state index in [2.05, 4.69) is 10.1 Å². The van der Waals surface area contributed by atoms with Crippen molar-refractivity contribution in [1.82, 2.24) is 24.2 Å². The van der Waals surface area contributed by atoms with Crippen molar-refractivity contribution in [2.75, 3.05) is 13.1 Å². The molecule has 1 amide bonds. The van der Waals surface area contributed by atoms with E-state index in [4.69, 9.17) is 0 Å². The van der Waals surface area contributed by atoms with Crippen LogP contribution in [-0.4, -0.2) is 43.2 Å². The Morgan fingerprint density at radius 3 is 2.68 bits per heavy atom. The number of hydrogen-bond donors (Lipinski definition) is 0. The normalized spacial score (nSPS) is 23.4. The standard InChI is InChI=1S/C20H23N5O3/c1-12-4-2-7-16(21-12)18(26)23-9-14-10-24-17(15(14)11-23)22-25(20(28)19(24)27)8-13-5-3-6-13/h2,4,7,13-15H,3,5-6,8-11H2,1H3/t14-,15+/m1/s1. The Balaban J connectivity index is 1.42. The molecular formula is C20H23N5O3. The van der Waals surface area contributed by atoms with Gasteiger partial charge in [0, 0.05) is 43.7 Å².